The summed E-state index contributed by atoms with van der Waals surface area (Å²) in [5.41, 5.74) is 4.67. The highest BCUT2D eigenvalue weighted by atomic mass is 32.2. The number of imidazole rings is 1. The van der Waals surface area contributed by atoms with Gasteiger partial charge in [0.1, 0.15) is 16.4 Å². The van der Waals surface area contributed by atoms with Crippen molar-refractivity contribution in [3.05, 3.63) is 71.9 Å². The standard InChI is InChI=1S/C24H21N5S/c1-16-3-11-20(12-4-16)30-24-22(18-7-5-17(15-25)6-8-18)26-23(28(24)2)21-13-14-29(27-21)19-9-10-19/h3-8,11-14,19H,9-10H2,1-2H3. The van der Waals surface area contributed by atoms with E-state index in [-0.39, 0.29) is 0 Å². The second-order valence-corrected chi connectivity index (χ2v) is 8.73. The maximum Gasteiger partial charge on any atom is 0.161 e. The molecule has 0 aliphatic heterocycles. The molecule has 1 aliphatic carbocycles. The first-order chi connectivity index (χ1) is 14.6. The predicted octanol–water partition coefficient (Wildman–Crippen LogP) is 5.62. The van der Waals surface area contributed by atoms with Crippen molar-refractivity contribution in [2.75, 3.05) is 0 Å². The molecule has 1 aliphatic rings. The van der Waals surface area contributed by atoms with Crippen LogP contribution in [0, 0.1) is 18.3 Å². The number of aromatic nitrogens is 4. The van der Waals surface area contributed by atoms with E-state index < -0.39 is 0 Å². The molecule has 0 spiro atoms. The third-order valence-electron chi connectivity index (χ3n) is 5.32. The van der Waals surface area contributed by atoms with Crippen LogP contribution in [-0.4, -0.2) is 19.3 Å². The van der Waals surface area contributed by atoms with Crippen molar-refractivity contribution in [2.24, 2.45) is 7.05 Å². The molecule has 2 aromatic carbocycles. The summed E-state index contributed by atoms with van der Waals surface area (Å²) in [4.78, 5) is 6.16. The molecule has 1 saturated carbocycles. The number of benzene rings is 2. The summed E-state index contributed by atoms with van der Waals surface area (Å²) in [5.74, 6) is 0.850. The van der Waals surface area contributed by atoms with Crippen molar-refractivity contribution in [3.8, 4) is 28.8 Å². The summed E-state index contributed by atoms with van der Waals surface area (Å²) in [6, 6.07) is 20.9. The van der Waals surface area contributed by atoms with Crippen LogP contribution in [-0.2, 0) is 7.05 Å². The van der Waals surface area contributed by atoms with E-state index in [0.717, 1.165) is 32.7 Å². The molecule has 148 valence electrons. The Balaban J connectivity index is 1.60. The fourth-order valence-electron chi connectivity index (χ4n) is 3.44. The summed E-state index contributed by atoms with van der Waals surface area (Å²) in [7, 11) is 2.04. The summed E-state index contributed by atoms with van der Waals surface area (Å²) in [6.45, 7) is 2.09. The van der Waals surface area contributed by atoms with Crippen LogP contribution in [0.1, 0.15) is 30.0 Å². The average molecular weight is 412 g/mol. The Hall–Kier alpha value is -3.30. The third kappa shape index (κ3) is 3.53. The van der Waals surface area contributed by atoms with Crippen molar-refractivity contribution >= 4 is 11.8 Å². The van der Waals surface area contributed by atoms with Crippen molar-refractivity contribution in [2.45, 2.75) is 35.7 Å². The van der Waals surface area contributed by atoms with Crippen LogP contribution in [0.25, 0.3) is 22.8 Å². The van der Waals surface area contributed by atoms with E-state index >= 15 is 0 Å². The molecule has 5 nitrogen and oxygen atoms in total. The summed E-state index contributed by atoms with van der Waals surface area (Å²) in [6.07, 6.45) is 4.45. The van der Waals surface area contributed by atoms with Crippen LogP contribution in [0.2, 0.25) is 0 Å². The molecule has 5 rings (SSSR count). The van der Waals surface area contributed by atoms with Gasteiger partial charge in [-0.25, -0.2) is 4.98 Å². The highest BCUT2D eigenvalue weighted by Crippen LogP contribution is 2.39. The lowest BCUT2D eigenvalue weighted by molar-refractivity contribution is 0.641. The van der Waals surface area contributed by atoms with Gasteiger partial charge in [0, 0.05) is 23.7 Å². The Morgan fingerprint density at radius 3 is 2.43 bits per heavy atom. The minimum Gasteiger partial charge on any atom is -0.320 e. The topological polar surface area (TPSA) is 59.4 Å². The molecule has 0 bridgehead atoms. The van der Waals surface area contributed by atoms with Crippen LogP contribution in [0.4, 0.5) is 0 Å². The molecule has 1 fully saturated rings. The zero-order valence-corrected chi connectivity index (χ0v) is 17.7. The normalized spacial score (nSPS) is 13.4. The largest absolute Gasteiger partial charge is 0.320 e. The maximum atomic E-state index is 9.14. The van der Waals surface area contributed by atoms with Gasteiger partial charge in [0.05, 0.1) is 17.7 Å². The van der Waals surface area contributed by atoms with E-state index in [1.807, 2.05) is 37.4 Å². The Bertz CT molecular complexity index is 1240. The van der Waals surface area contributed by atoms with Crippen LogP contribution < -0.4 is 0 Å². The molecule has 2 aromatic heterocycles. The molecule has 2 heterocycles. The van der Waals surface area contributed by atoms with Crippen molar-refractivity contribution in [1.29, 1.82) is 5.26 Å². The van der Waals surface area contributed by atoms with E-state index in [4.69, 9.17) is 15.3 Å². The molecule has 4 aromatic rings. The Labute approximate surface area is 180 Å². The fraction of sp³-hybridized carbons (Fsp3) is 0.208. The molecule has 0 amide bonds. The molecular weight excluding hydrogens is 390 g/mol. The van der Waals surface area contributed by atoms with E-state index in [1.165, 1.54) is 18.4 Å². The average Bonchev–Trinajstić information content (AvgIpc) is 3.42. The van der Waals surface area contributed by atoms with Gasteiger partial charge in [-0.2, -0.15) is 10.4 Å². The zero-order chi connectivity index (χ0) is 20.7. The smallest absolute Gasteiger partial charge is 0.161 e. The number of rotatable bonds is 5. The number of hydrogen-bond donors (Lipinski definition) is 0. The quantitative estimate of drug-likeness (QED) is 0.428. The van der Waals surface area contributed by atoms with Crippen LogP contribution in [0.5, 0.6) is 0 Å². The molecular formula is C24H21N5S. The number of aryl methyl sites for hydroxylation is 1. The van der Waals surface area contributed by atoms with E-state index in [2.05, 4.69) is 52.7 Å². The fourth-order valence-corrected chi connectivity index (χ4v) is 4.42. The SMILES string of the molecule is Cc1ccc(Sc2c(-c3ccc(C#N)cc3)nc(-c3ccn(C4CC4)n3)n2C)cc1. The van der Waals surface area contributed by atoms with Gasteiger partial charge in [0.15, 0.2) is 5.82 Å². The molecule has 0 saturated heterocycles. The molecule has 0 radical (unpaired) electrons. The third-order valence-corrected chi connectivity index (χ3v) is 6.49. The number of nitrogens with zero attached hydrogens (tertiary/aromatic N) is 5. The minimum atomic E-state index is 0.540. The van der Waals surface area contributed by atoms with Gasteiger partial charge in [-0.05, 0) is 50.1 Å². The monoisotopic (exact) mass is 411 g/mol. The number of nitriles is 1. The predicted molar refractivity (Wildman–Crippen MR) is 118 cm³/mol. The zero-order valence-electron chi connectivity index (χ0n) is 16.9. The highest BCUT2D eigenvalue weighted by Gasteiger charge is 2.26. The highest BCUT2D eigenvalue weighted by molar-refractivity contribution is 7.99. The first kappa shape index (κ1) is 18.7. The van der Waals surface area contributed by atoms with Gasteiger partial charge in [-0.1, -0.05) is 41.6 Å². The first-order valence-electron chi connectivity index (χ1n) is 9.99. The van der Waals surface area contributed by atoms with Gasteiger partial charge in [0.25, 0.3) is 0 Å². The second kappa shape index (κ2) is 7.51. The van der Waals surface area contributed by atoms with Gasteiger partial charge in [0.2, 0.25) is 0 Å². The molecule has 0 atom stereocenters. The summed E-state index contributed by atoms with van der Waals surface area (Å²) < 4.78 is 4.18. The molecule has 6 heteroatoms. The summed E-state index contributed by atoms with van der Waals surface area (Å²) in [5, 5.41) is 15.0. The van der Waals surface area contributed by atoms with Crippen LogP contribution >= 0.6 is 11.8 Å². The molecule has 0 N–H and O–H groups in total. The first-order valence-corrected chi connectivity index (χ1v) is 10.8. The van der Waals surface area contributed by atoms with E-state index in [1.54, 1.807) is 11.8 Å². The lowest BCUT2D eigenvalue weighted by Crippen LogP contribution is -1.98. The van der Waals surface area contributed by atoms with Crippen molar-refractivity contribution < 1.29 is 0 Å². The number of hydrogen-bond acceptors (Lipinski definition) is 4. The summed E-state index contributed by atoms with van der Waals surface area (Å²) >= 11 is 1.70. The van der Waals surface area contributed by atoms with Crippen molar-refractivity contribution in [1.82, 2.24) is 19.3 Å². The van der Waals surface area contributed by atoms with Crippen LogP contribution in [0.3, 0.4) is 0 Å². The van der Waals surface area contributed by atoms with E-state index in [0.29, 0.717) is 11.6 Å². The molecule has 0 unspecified atom stereocenters. The second-order valence-electron chi connectivity index (χ2n) is 7.66. The van der Waals surface area contributed by atoms with Gasteiger partial charge in [-0.15, -0.1) is 0 Å². The van der Waals surface area contributed by atoms with E-state index in [9.17, 15) is 0 Å². The van der Waals surface area contributed by atoms with Crippen LogP contribution in [0.15, 0.2) is 70.7 Å². The minimum absolute atomic E-state index is 0.540. The van der Waals surface area contributed by atoms with Gasteiger partial charge in [-0.3, -0.25) is 4.68 Å². The van der Waals surface area contributed by atoms with Gasteiger partial charge < -0.3 is 4.57 Å². The van der Waals surface area contributed by atoms with Crippen molar-refractivity contribution in [3.63, 3.8) is 0 Å². The lowest BCUT2D eigenvalue weighted by atomic mass is 10.1. The molecule has 30 heavy (non-hydrogen) atoms. The van der Waals surface area contributed by atoms with Gasteiger partial charge >= 0.3 is 0 Å². The Morgan fingerprint density at radius 1 is 1.03 bits per heavy atom. The Morgan fingerprint density at radius 2 is 1.77 bits per heavy atom. The lowest BCUT2D eigenvalue weighted by Gasteiger charge is -2.07. The maximum absolute atomic E-state index is 9.14. The Kier molecular flexibility index (Phi) is 4.68.